The molecule has 0 aliphatic heterocycles. The SMILES string of the molecule is CC(=O)c1ccc(OCC(=O)Nc2ccc(I)cc2)cc1. The van der Waals surface area contributed by atoms with E-state index in [1.165, 1.54) is 6.92 Å². The number of ketones is 1. The Morgan fingerprint density at radius 2 is 1.67 bits per heavy atom. The molecule has 2 rings (SSSR count). The van der Waals surface area contributed by atoms with Crippen LogP contribution in [0.5, 0.6) is 5.75 Å². The van der Waals surface area contributed by atoms with Crippen molar-refractivity contribution < 1.29 is 14.3 Å². The summed E-state index contributed by atoms with van der Waals surface area (Å²) in [5.74, 6) is 0.322. The molecule has 0 aromatic heterocycles. The van der Waals surface area contributed by atoms with Gasteiger partial charge in [0.05, 0.1) is 0 Å². The average Bonchev–Trinajstić information content (AvgIpc) is 2.48. The number of nitrogens with one attached hydrogen (secondary N) is 1. The number of hydrogen-bond acceptors (Lipinski definition) is 3. The molecule has 0 atom stereocenters. The van der Waals surface area contributed by atoms with Crippen LogP contribution in [0.25, 0.3) is 0 Å². The maximum absolute atomic E-state index is 11.8. The molecular weight excluding hydrogens is 381 g/mol. The van der Waals surface area contributed by atoms with E-state index in [2.05, 4.69) is 27.9 Å². The Labute approximate surface area is 136 Å². The molecule has 0 aliphatic carbocycles. The van der Waals surface area contributed by atoms with E-state index in [-0.39, 0.29) is 18.3 Å². The Morgan fingerprint density at radius 3 is 2.24 bits per heavy atom. The maximum Gasteiger partial charge on any atom is 0.262 e. The highest BCUT2D eigenvalue weighted by Gasteiger charge is 2.04. The van der Waals surface area contributed by atoms with E-state index in [1.54, 1.807) is 24.3 Å². The van der Waals surface area contributed by atoms with E-state index in [0.717, 1.165) is 9.26 Å². The average molecular weight is 395 g/mol. The van der Waals surface area contributed by atoms with Crippen LogP contribution < -0.4 is 10.1 Å². The number of ether oxygens (including phenoxy) is 1. The second kappa shape index (κ2) is 7.21. The summed E-state index contributed by atoms with van der Waals surface area (Å²) in [6.45, 7) is 1.43. The Kier molecular flexibility index (Phi) is 5.32. The van der Waals surface area contributed by atoms with Crippen LogP contribution in [0.3, 0.4) is 0 Å². The molecular formula is C16H14INO3. The van der Waals surface area contributed by atoms with Crippen molar-refractivity contribution in [2.45, 2.75) is 6.92 Å². The highest BCUT2D eigenvalue weighted by atomic mass is 127. The van der Waals surface area contributed by atoms with Gasteiger partial charge >= 0.3 is 0 Å². The number of hydrogen-bond donors (Lipinski definition) is 1. The van der Waals surface area contributed by atoms with Crippen LogP contribution in [0.15, 0.2) is 48.5 Å². The topological polar surface area (TPSA) is 55.4 Å². The predicted molar refractivity (Wildman–Crippen MR) is 89.7 cm³/mol. The van der Waals surface area contributed by atoms with Crippen LogP contribution in [0, 0.1) is 3.57 Å². The van der Waals surface area contributed by atoms with Crippen LogP contribution >= 0.6 is 22.6 Å². The third kappa shape index (κ3) is 4.86. The second-order valence-corrected chi connectivity index (χ2v) is 5.67. The minimum atomic E-state index is -0.230. The van der Waals surface area contributed by atoms with E-state index in [4.69, 9.17) is 4.74 Å². The Hall–Kier alpha value is -1.89. The number of halogens is 1. The van der Waals surface area contributed by atoms with Crippen molar-refractivity contribution in [1.29, 1.82) is 0 Å². The molecule has 21 heavy (non-hydrogen) atoms. The van der Waals surface area contributed by atoms with Crippen molar-refractivity contribution in [2.24, 2.45) is 0 Å². The summed E-state index contributed by atoms with van der Waals surface area (Å²) < 4.78 is 6.48. The molecule has 0 unspecified atom stereocenters. The summed E-state index contributed by atoms with van der Waals surface area (Å²) in [6.07, 6.45) is 0. The van der Waals surface area contributed by atoms with E-state index >= 15 is 0 Å². The van der Waals surface area contributed by atoms with Crippen molar-refractivity contribution in [3.63, 3.8) is 0 Å². The Bertz CT molecular complexity index is 636. The van der Waals surface area contributed by atoms with Crippen LogP contribution in [-0.2, 0) is 4.79 Å². The summed E-state index contributed by atoms with van der Waals surface area (Å²) >= 11 is 2.20. The van der Waals surface area contributed by atoms with Gasteiger partial charge in [0, 0.05) is 14.8 Å². The highest BCUT2D eigenvalue weighted by molar-refractivity contribution is 14.1. The second-order valence-electron chi connectivity index (χ2n) is 4.42. The third-order valence-corrected chi connectivity index (χ3v) is 3.48. The van der Waals surface area contributed by atoms with Crippen LogP contribution in [-0.4, -0.2) is 18.3 Å². The minimum Gasteiger partial charge on any atom is -0.484 e. The van der Waals surface area contributed by atoms with Crippen LogP contribution in [0.4, 0.5) is 5.69 Å². The molecule has 4 nitrogen and oxygen atoms in total. The summed E-state index contributed by atoms with van der Waals surface area (Å²) in [7, 11) is 0. The van der Waals surface area contributed by atoms with Gasteiger partial charge in [-0.15, -0.1) is 0 Å². The first-order valence-electron chi connectivity index (χ1n) is 6.34. The number of carbonyl (C=O) groups excluding carboxylic acids is 2. The van der Waals surface area contributed by atoms with E-state index in [0.29, 0.717) is 11.3 Å². The molecule has 0 fully saturated rings. The lowest BCUT2D eigenvalue weighted by Crippen LogP contribution is -2.20. The van der Waals surface area contributed by atoms with Crippen molar-refractivity contribution in [3.05, 3.63) is 57.7 Å². The highest BCUT2D eigenvalue weighted by Crippen LogP contribution is 2.13. The van der Waals surface area contributed by atoms with E-state index < -0.39 is 0 Å². The predicted octanol–water partition coefficient (Wildman–Crippen LogP) is 3.51. The number of anilines is 1. The lowest BCUT2D eigenvalue weighted by molar-refractivity contribution is -0.118. The molecule has 0 radical (unpaired) electrons. The zero-order valence-corrected chi connectivity index (χ0v) is 13.6. The molecule has 0 bridgehead atoms. The van der Waals surface area contributed by atoms with Gasteiger partial charge in [0.1, 0.15) is 5.75 Å². The molecule has 0 heterocycles. The molecule has 5 heteroatoms. The number of carbonyl (C=O) groups is 2. The molecule has 1 amide bonds. The van der Waals surface area contributed by atoms with Gasteiger partial charge in [-0.25, -0.2) is 0 Å². The zero-order valence-electron chi connectivity index (χ0n) is 11.4. The van der Waals surface area contributed by atoms with Gasteiger partial charge in [-0.2, -0.15) is 0 Å². The van der Waals surface area contributed by atoms with E-state index in [1.807, 2.05) is 24.3 Å². The smallest absolute Gasteiger partial charge is 0.262 e. The fourth-order valence-electron chi connectivity index (χ4n) is 1.67. The summed E-state index contributed by atoms with van der Waals surface area (Å²) in [4.78, 5) is 22.9. The fraction of sp³-hybridized carbons (Fsp3) is 0.125. The summed E-state index contributed by atoms with van der Waals surface area (Å²) in [6, 6.07) is 14.2. The van der Waals surface area contributed by atoms with Crippen LogP contribution in [0.2, 0.25) is 0 Å². The molecule has 2 aromatic rings. The molecule has 1 N–H and O–H groups in total. The van der Waals surface area contributed by atoms with Gasteiger partial charge in [0.15, 0.2) is 12.4 Å². The van der Waals surface area contributed by atoms with Gasteiger partial charge in [0.25, 0.3) is 5.91 Å². The third-order valence-electron chi connectivity index (χ3n) is 2.76. The lowest BCUT2D eigenvalue weighted by atomic mass is 10.1. The molecule has 108 valence electrons. The maximum atomic E-state index is 11.8. The Balaban J connectivity index is 1.86. The monoisotopic (exact) mass is 395 g/mol. The molecule has 0 saturated carbocycles. The van der Waals surface area contributed by atoms with Crippen molar-refractivity contribution in [2.75, 3.05) is 11.9 Å². The first kappa shape index (κ1) is 15.5. The minimum absolute atomic E-state index is 0.00185. The standard InChI is InChI=1S/C16H14INO3/c1-11(19)12-2-8-15(9-3-12)21-10-16(20)18-14-6-4-13(17)5-7-14/h2-9H,10H2,1H3,(H,18,20). The molecule has 0 spiro atoms. The van der Waals surface area contributed by atoms with Gasteiger partial charge in [-0.1, -0.05) is 0 Å². The number of benzene rings is 2. The van der Waals surface area contributed by atoms with Gasteiger partial charge in [-0.05, 0) is 78.0 Å². The summed E-state index contributed by atoms with van der Waals surface area (Å²) in [5.41, 5.74) is 1.35. The lowest BCUT2D eigenvalue weighted by Gasteiger charge is -2.08. The molecule has 0 aliphatic rings. The van der Waals surface area contributed by atoms with Gasteiger partial charge in [-0.3, -0.25) is 9.59 Å². The number of rotatable bonds is 5. The molecule has 0 saturated heterocycles. The summed E-state index contributed by atoms with van der Waals surface area (Å²) in [5, 5.41) is 2.75. The first-order valence-corrected chi connectivity index (χ1v) is 7.42. The fourth-order valence-corrected chi connectivity index (χ4v) is 2.02. The Morgan fingerprint density at radius 1 is 1.05 bits per heavy atom. The molecule has 2 aromatic carbocycles. The van der Waals surface area contributed by atoms with Crippen molar-refractivity contribution in [3.8, 4) is 5.75 Å². The first-order chi connectivity index (χ1) is 10.0. The van der Waals surface area contributed by atoms with E-state index in [9.17, 15) is 9.59 Å². The zero-order chi connectivity index (χ0) is 15.2. The quantitative estimate of drug-likeness (QED) is 0.623. The largest absolute Gasteiger partial charge is 0.484 e. The van der Waals surface area contributed by atoms with Gasteiger partial charge in [0.2, 0.25) is 0 Å². The normalized spacial score (nSPS) is 10.0. The van der Waals surface area contributed by atoms with Gasteiger partial charge < -0.3 is 10.1 Å². The van der Waals surface area contributed by atoms with Crippen LogP contribution in [0.1, 0.15) is 17.3 Å². The number of Topliss-reactive ketones (excluding diaryl/α,β-unsaturated/α-hetero) is 1. The van der Waals surface area contributed by atoms with Crippen molar-refractivity contribution >= 4 is 40.0 Å². The van der Waals surface area contributed by atoms with Crippen molar-refractivity contribution in [1.82, 2.24) is 0 Å². The number of amides is 1.